The highest BCUT2D eigenvalue weighted by atomic mass is 16.5. The predicted molar refractivity (Wildman–Crippen MR) is 164 cm³/mol. The van der Waals surface area contributed by atoms with Gasteiger partial charge in [0.1, 0.15) is 5.75 Å². The molecular weight excluding hydrogens is 492 g/mol. The fraction of sp³-hybridized carbons (Fsp3) is 0.676. The van der Waals surface area contributed by atoms with Gasteiger partial charge in [0, 0.05) is 5.41 Å². The SMILES string of the molecule is CCCCOc1ccc(C(O)CC(C)CCCCCc2ccc(C(C)(O)C34CC5CC(CC(C5)C3)C4)cc2)cc1. The van der Waals surface area contributed by atoms with Crippen molar-refractivity contribution in [3.05, 3.63) is 65.2 Å². The first kappa shape index (κ1) is 29.6. The maximum atomic E-state index is 11.9. The molecule has 3 heteroatoms. The molecule has 0 aromatic heterocycles. The van der Waals surface area contributed by atoms with Gasteiger partial charge in [-0.1, -0.05) is 75.9 Å². The van der Waals surface area contributed by atoms with Crippen LogP contribution in [-0.2, 0) is 12.0 Å². The number of aliphatic hydroxyl groups excluding tert-OH is 1. The van der Waals surface area contributed by atoms with E-state index in [1.807, 2.05) is 24.3 Å². The first-order valence-electron chi connectivity index (χ1n) is 16.5. The van der Waals surface area contributed by atoms with Gasteiger partial charge in [0.2, 0.25) is 0 Å². The average Bonchev–Trinajstić information content (AvgIpc) is 2.93. The lowest BCUT2D eigenvalue weighted by molar-refractivity contribution is -0.176. The van der Waals surface area contributed by atoms with E-state index < -0.39 is 11.7 Å². The fourth-order valence-corrected chi connectivity index (χ4v) is 8.76. The molecular formula is C37H54O3. The highest BCUT2D eigenvalue weighted by Gasteiger charge is 2.58. The van der Waals surface area contributed by atoms with Gasteiger partial charge in [-0.15, -0.1) is 0 Å². The van der Waals surface area contributed by atoms with Crippen molar-refractivity contribution >= 4 is 0 Å². The zero-order chi connectivity index (χ0) is 28.2. The van der Waals surface area contributed by atoms with Gasteiger partial charge in [0.05, 0.1) is 18.3 Å². The van der Waals surface area contributed by atoms with E-state index in [0.717, 1.165) is 73.3 Å². The van der Waals surface area contributed by atoms with E-state index in [4.69, 9.17) is 4.74 Å². The van der Waals surface area contributed by atoms with Gasteiger partial charge in [-0.25, -0.2) is 0 Å². The van der Waals surface area contributed by atoms with Crippen molar-refractivity contribution in [3.63, 3.8) is 0 Å². The van der Waals surface area contributed by atoms with Gasteiger partial charge in [0.25, 0.3) is 0 Å². The van der Waals surface area contributed by atoms with Gasteiger partial charge in [0.15, 0.2) is 0 Å². The van der Waals surface area contributed by atoms with E-state index in [1.165, 1.54) is 63.4 Å². The lowest BCUT2D eigenvalue weighted by atomic mass is 9.45. The van der Waals surface area contributed by atoms with Crippen LogP contribution in [0.15, 0.2) is 48.5 Å². The summed E-state index contributed by atoms with van der Waals surface area (Å²) in [5, 5.41) is 22.6. The molecule has 4 bridgehead atoms. The van der Waals surface area contributed by atoms with Crippen molar-refractivity contribution in [2.24, 2.45) is 29.1 Å². The minimum atomic E-state index is -0.716. The van der Waals surface area contributed by atoms with Crippen LogP contribution in [-0.4, -0.2) is 16.8 Å². The fourth-order valence-electron chi connectivity index (χ4n) is 8.76. The molecule has 0 saturated heterocycles. The van der Waals surface area contributed by atoms with Crippen LogP contribution >= 0.6 is 0 Å². The Morgan fingerprint density at radius 3 is 2.10 bits per heavy atom. The minimum absolute atomic E-state index is 0.0969. The molecule has 3 atom stereocenters. The summed E-state index contributed by atoms with van der Waals surface area (Å²) in [5.74, 6) is 3.95. The molecule has 2 aromatic rings. The Kier molecular flexibility index (Phi) is 9.63. The Hall–Kier alpha value is -1.84. The molecule has 0 aliphatic heterocycles. The topological polar surface area (TPSA) is 49.7 Å². The van der Waals surface area contributed by atoms with E-state index in [-0.39, 0.29) is 5.41 Å². The van der Waals surface area contributed by atoms with Gasteiger partial charge in [-0.2, -0.15) is 0 Å². The number of ether oxygens (including phenoxy) is 1. The van der Waals surface area contributed by atoms with Gasteiger partial charge < -0.3 is 14.9 Å². The number of benzene rings is 2. The second kappa shape index (κ2) is 13.0. The van der Waals surface area contributed by atoms with Crippen molar-refractivity contribution in [2.75, 3.05) is 6.61 Å². The van der Waals surface area contributed by atoms with Crippen molar-refractivity contribution < 1.29 is 14.9 Å². The van der Waals surface area contributed by atoms with E-state index >= 15 is 0 Å². The second-order valence-corrected chi connectivity index (χ2v) is 14.2. The second-order valence-electron chi connectivity index (χ2n) is 14.2. The molecule has 0 heterocycles. The molecule has 40 heavy (non-hydrogen) atoms. The highest BCUT2D eigenvalue weighted by Crippen LogP contribution is 2.65. The molecule has 220 valence electrons. The summed E-state index contributed by atoms with van der Waals surface area (Å²) in [7, 11) is 0. The zero-order valence-corrected chi connectivity index (χ0v) is 25.4. The first-order chi connectivity index (χ1) is 19.3. The van der Waals surface area contributed by atoms with Crippen LogP contribution in [0.5, 0.6) is 5.75 Å². The molecule has 2 aromatic carbocycles. The van der Waals surface area contributed by atoms with E-state index in [2.05, 4.69) is 45.0 Å². The third-order valence-electron chi connectivity index (χ3n) is 10.9. The third-order valence-corrected chi connectivity index (χ3v) is 10.9. The zero-order valence-electron chi connectivity index (χ0n) is 25.4. The monoisotopic (exact) mass is 546 g/mol. The van der Waals surface area contributed by atoms with Crippen LogP contribution in [0.1, 0.15) is 127 Å². The highest BCUT2D eigenvalue weighted by molar-refractivity contribution is 5.31. The van der Waals surface area contributed by atoms with Crippen LogP contribution in [0.2, 0.25) is 0 Å². The average molecular weight is 547 g/mol. The summed E-state index contributed by atoms with van der Waals surface area (Å²) >= 11 is 0. The lowest BCUT2D eigenvalue weighted by Gasteiger charge is -2.61. The maximum Gasteiger partial charge on any atom is 0.119 e. The summed E-state index contributed by atoms with van der Waals surface area (Å²) in [5.41, 5.74) is 2.88. The molecule has 4 fully saturated rings. The molecule has 3 nitrogen and oxygen atoms in total. The van der Waals surface area contributed by atoms with Crippen LogP contribution < -0.4 is 4.74 Å². The van der Waals surface area contributed by atoms with Crippen LogP contribution in [0.25, 0.3) is 0 Å². The number of aryl methyl sites for hydroxylation is 1. The van der Waals surface area contributed by atoms with Crippen LogP contribution in [0.4, 0.5) is 0 Å². The Balaban J connectivity index is 1.01. The maximum absolute atomic E-state index is 11.9. The van der Waals surface area contributed by atoms with Crippen LogP contribution in [0, 0.1) is 29.1 Å². The number of aliphatic hydroxyl groups is 2. The van der Waals surface area contributed by atoms with Crippen molar-refractivity contribution in [1.82, 2.24) is 0 Å². The summed E-state index contributed by atoms with van der Waals surface area (Å²) in [6, 6.07) is 17.0. The van der Waals surface area contributed by atoms with E-state index in [1.54, 1.807) is 0 Å². The molecule has 4 aliphatic carbocycles. The van der Waals surface area contributed by atoms with Crippen molar-refractivity contribution in [2.45, 2.75) is 122 Å². The summed E-state index contributed by atoms with van der Waals surface area (Å²) in [6.07, 6.45) is 16.4. The molecule has 6 rings (SSSR count). The first-order valence-corrected chi connectivity index (χ1v) is 16.5. The summed E-state index contributed by atoms with van der Waals surface area (Å²) < 4.78 is 5.74. The molecule has 2 N–H and O–H groups in total. The Bertz CT molecular complexity index is 1020. The molecule has 0 radical (unpaired) electrons. The number of unbranched alkanes of at least 4 members (excludes halogenated alkanes) is 3. The van der Waals surface area contributed by atoms with Gasteiger partial charge in [-0.05, 0) is 124 Å². The third kappa shape index (κ3) is 6.79. The van der Waals surface area contributed by atoms with Crippen LogP contribution in [0.3, 0.4) is 0 Å². The molecule has 4 saturated carbocycles. The smallest absolute Gasteiger partial charge is 0.119 e. The summed E-state index contributed by atoms with van der Waals surface area (Å²) in [4.78, 5) is 0. The quantitative estimate of drug-likeness (QED) is 0.219. The number of rotatable bonds is 15. The van der Waals surface area contributed by atoms with E-state index in [9.17, 15) is 10.2 Å². The number of hydrogen-bond acceptors (Lipinski definition) is 3. The van der Waals surface area contributed by atoms with Gasteiger partial charge >= 0.3 is 0 Å². The lowest BCUT2D eigenvalue weighted by Crippen LogP contribution is -2.55. The number of hydrogen-bond donors (Lipinski definition) is 2. The predicted octanol–water partition coefficient (Wildman–Crippen LogP) is 9.15. The largest absolute Gasteiger partial charge is 0.494 e. The Morgan fingerprint density at radius 1 is 0.875 bits per heavy atom. The Labute approximate surface area is 243 Å². The Morgan fingerprint density at radius 2 is 1.50 bits per heavy atom. The van der Waals surface area contributed by atoms with Crippen molar-refractivity contribution in [1.29, 1.82) is 0 Å². The van der Waals surface area contributed by atoms with Gasteiger partial charge in [-0.3, -0.25) is 0 Å². The minimum Gasteiger partial charge on any atom is -0.494 e. The molecule has 0 amide bonds. The van der Waals surface area contributed by atoms with E-state index in [0.29, 0.717) is 5.92 Å². The van der Waals surface area contributed by atoms with Crippen molar-refractivity contribution in [3.8, 4) is 5.75 Å². The summed E-state index contributed by atoms with van der Waals surface area (Å²) in [6.45, 7) is 7.30. The molecule has 0 spiro atoms. The molecule has 4 aliphatic rings. The molecule has 3 unspecified atom stereocenters. The normalized spacial score (nSPS) is 28.3. The standard InChI is InChI=1S/C37H54O3/c1-4-5-19-40-34-17-13-32(14-18-34)35(38)20-27(2)9-7-6-8-10-28-11-15-33(16-12-28)36(3,39)37-24-29-21-30(25-37)23-31(22-29)26-37/h11-18,27,29-31,35,38-39H,4-10,19-26H2,1-3H3.